The van der Waals surface area contributed by atoms with Crippen LogP contribution in [0.25, 0.3) is 33.4 Å². The third-order valence-corrected chi connectivity index (χ3v) is 4.96. The van der Waals surface area contributed by atoms with Gasteiger partial charge in [0.15, 0.2) is 5.65 Å². The van der Waals surface area contributed by atoms with Crippen molar-refractivity contribution in [3.05, 3.63) is 66.4 Å². The number of hydrogen-bond acceptors (Lipinski definition) is 4. The maximum Gasteiger partial charge on any atom is 0.182 e. The zero-order valence-electron chi connectivity index (χ0n) is 16.3. The fourth-order valence-electron chi connectivity index (χ4n) is 3.65. The lowest BCUT2D eigenvalue weighted by Crippen LogP contribution is -2.00. The van der Waals surface area contributed by atoms with Gasteiger partial charge in [-0.05, 0) is 60.4 Å². The normalized spacial score (nSPS) is 11.3. The minimum Gasteiger partial charge on any atom is -0.396 e. The average Bonchev–Trinajstić information content (AvgIpc) is 3.16. The predicted molar refractivity (Wildman–Crippen MR) is 112 cm³/mol. The molecule has 0 aliphatic heterocycles. The highest BCUT2D eigenvalue weighted by Gasteiger charge is 2.20. The number of hydrogen-bond donors (Lipinski definition) is 1. The third kappa shape index (κ3) is 3.89. The predicted octanol–water partition coefficient (Wildman–Crippen LogP) is 4.63. The molecule has 0 saturated carbocycles. The molecule has 3 aromatic heterocycles. The molecular formula is C23H23FN4O. The van der Waals surface area contributed by atoms with Gasteiger partial charge in [-0.2, -0.15) is 5.10 Å². The Labute approximate surface area is 168 Å². The number of pyridine rings is 2. The first-order chi connectivity index (χ1) is 14.2. The molecule has 0 aliphatic carbocycles. The van der Waals surface area contributed by atoms with E-state index in [2.05, 4.69) is 17.0 Å². The summed E-state index contributed by atoms with van der Waals surface area (Å²) >= 11 is 0. The summed E-state index contributed by atoms with van der Waals surface area (Å²) in [5.74, 6) is -0.276. The van der Waals surface area contributed by atoms with Gasteiger partial charge in [-0.15, -0.1) is 0 Å². The minimum atomic E-state index is -0.276. The van der Waals surface area contributed by atoms with Gasteiger partial charge >= 0.3 is 0 Å². The summed E-state index contributed by atoms with van der Waals surface area (Å²) < 4.78 is 15.4. The van der Waals surface area contributed by atoms with Crippen molar-refractivity contribution >= 4 is 11.0 Å². The van der Waals surface area contributed by atoms with Crippen LogP contribution in [0.15, 0.2) is 55.0 Å². The number of nitrogens with zero attached hydrogens (tertiary/aromatic N) is 4. The van der Waals surface area contributed by atoms with E-state index in [1.165, 1.54) is 17.7 Å². The first kappa shape index (κ1) is 19.2. The van der Waals surface area contributed by atoms with E-state index < -0.39 is 0 Å². The van der Waals surface area contributed by atoms with Crippen LogP contribution >= 0.6 is 0 Å². The number of aliphatic hydroxyl groups is 1. The first-order valence-electron chi connectivity index (χ1n) is 9.88. The molecular weight excluding hydrogens is 367 g/mol. The van der Waals surface area contributed by atoms with E-state index in [9.17, 15) is 4.39 Å². The molecule has 29 heavy (non-hydrogen) atoms. The maximum absolute atomic E-state index is 13.5. The van der Waals surface area contributed by atoms with Crippen molar-refractivity contribution in [3.63, 3.8) is 0 Å². The van der Waals surface area contributed by atoms with Crippen LogP contribution in [0.5, 0.6) is 0 Å². The number of aryl methyl sites for hydroxylation is 2. The van der Waals surface area contributed by atoms with E-state index in [-0.39, 0.29) is 12.4 Å². The molecule has 1 N–H and O–H groups in total. The summed E-state index contributed by atoms with van der Waals surface area (Å²) in [4.78, 5) is 9.04. The van der Waals surface area contributed by atoms with E-state index in [1.54, 1.807) is 24.5 Å². The Morgan fingerprint density at radius 3 is 2.48 bits per heavy atom. The highest BCUT2D eigenvalue weighted by atomic mass is 19.1. The maximum atomic E-state index is 13.5. The largest absolute Gasteiger partial charge is 0.396 e. The lowest BCUT2D eigenvalue weighted by atomic mass is 9.91. The van der Waals surface area contributed by atoms with Crippen molar-refractivity contribution in [2.75, 3.05) is 6.61 Å². The lowest BCUT2D eigenvalue weighted by molar-refractivity contribution is 0.277. The molecule has 3 heterocycles. The molecule has 0 atom stereocenters. The molecule has 0 aliphatic rings. The van der Waals surface area contributed by atoms with Gasteiger partial charge < -0.3 is 5.11 Å². The Kier molecular flexibility index (Phi) is 5.62. The average molecular weight is 390 g/mol. The van der Waals surface area contributed by atoms with Crippen LogP contribution in [0.2, 0.25) is 0 Å². The molecule has 148 valence electrons. The quantitative estimate of drug-likeness (QED) is 0.500. The highest BCUT2D eigenvalue weighted by Crippen LogP contribution is 2.38. The van der Waals surface area contributed by atoms with Crippen LogP contribution in [-0.4, -0.2) is 31.5 Å². The van der Waals surface area contributed by atoms with Crippen molar-refractivity contribution in [2.24, 2.45) is 0 Å². The molecule has 4 rings (SSSR count). The van der Waals surface area contributed by atoms with E-state index >= 15 is 0 Å². The molecule has 0 unspecified atom stereocenters. The summed E-state index contributed by atoms with van der Waals surface area (Å²) in [7, 11) is 0. The smallest absolute Gasteiger partial charge is 0.182 e. The Morgan fingerprint density at radius 2 is 1.79 bits per heavy atom. The monoisotopic (exact) mass is 390 g/mol. The van der Waals surface area contributed by atoms with Crippen LogP contribution in [-0.2, 0) is 13.0 Å². The van der Waals surface area contributed by atoms with E-state index in [1.807, 2.05) is 23.0 Å². The fourth-order valence-corrected chi connectivity index (χ4v) is 3.65. The number of aromatic nitrogens is 4. The minimum absolute atomic E-state index is 0.120. The van der Waals surface area contributed by atoms with Gasteiger partial charge in [0, 0.05) is 48.3 Å². The van der Waals surface area contributed by atoms with E-state index in [0.29, 0.717) is 18.6 Å². The van der Waals surface area contributed by atoms with Crippen LogP contribution in [0.3, 0.4) is 0 Å². The molecule has 6 heteroatoms. The second-order valence-electron chi connectivity index (χ2n) is 7.01. The first-order valence-corrected chi connectivity index (χ1v) is 9.88. The van der Waals surface area contributed by atoms with Gasteiger partial charge in [0.05, 0.1) is 5.69 Å². The second-order valence-corrected chi connectivity index (χ2v) is 7.01. The molecule has 0 fully saturated rings. The van der Waals surface area contributed by atoms with Crippen LogP contribution in [0, 0.1) is 5.82 Å². The standard InChI is InChI=1S/C23H23FN4O/c1-2-4-19-20-15-28(13-3-14-29)27-23(20)26-22(17-5-7-18(24)8-6-17)21(19)16-9-11-25-12-10-16/h5-12,15,29H,2-4,13-14H2,1H3. The van der Waals surface area contributed by atoms with E-state index in [4.69, 9.17) is 10.1 Å². The second kappa shape index (κ2) is 8.49. The Bertz CT molecular complexity index is 1110. The van der Waals surface area contributed by atoms with E-state index in [0.717, 1.165) is 40.6 Å². The van der Waals surface area contributed by atoms with Crippen LogP contribution < -0.4 is 0 Å². The summed E-state index contributed by atoms with van der Waals surface area (Å²) in [6.07, 6.45) is 8.04. The van der Waals surface area contributed by atoms with Gasteiger partial charge in [0.25, 0.3) is 0 Å². The lowest BCUT2D eigenvalue weighted by Gasteiger charge is -2.15. The van der Waals surface area contributed by atoms with Gasteiger partial charge in [-0.1, -0.05) is 13.3 Å². The molecule has 0 radical (unpaired) electrons. The van der Waals surface area contributed by atoms with Crippen LogP contribution in [0.1, 0.15) is 25.3 Å². The number of aliphatic hydroxyl groups excluding tert-OH is 1. The molecule has 0 saturated heterocycles. The number of halogens is 1. The highest BCUT2D eigenvalue weighted by molar-refractivity contribution is 5.94. The Balaban J connectivity index is 2.01. The van der Waals surface area contributed by atoms with Crippen molar-refractivity contribution in [1.29, 1.82) is 0 Å². The summed E-state index contributed by atoms with van der Waals surface area (Å²) in [5, 5.41) is 14.8. The Hall–Kier alpha value is -3.12. The number of fused-ring (bicyclic) bond motifs is 1. The van der Waals surface area contributed by atoms with Gasteiger partial charge in [-0.3, -0.25) is 9.67 Å². The zero-order valence-corrected chi connectivity index (χ0v) is 16.3. The SMILES string of the molecule is CCCc1c(-c2ccncc2)c(-c2ccc(F)cc2)nc2nn(CCCO)cc12. The fraction of sp³-hybridized carbons (Fsp3) is 0.261. The van der Waals surface area contributed by atoms with Gasteiger partial charge in [0.2, 0.25) is 0 Å². The summed E-state index contributed by atoms with van der Waals surface area (Å²) in [6.45, 7) is 2.90. The Morgan fingerprint density at radius 1 is 1.03 bits per heavy atom. The third-order valence-electron chi connectivity index (χ3n) is 4.96. The zero-order chi connectivity index (χ0) is 20.2. The topological polar surface area (TPSA) is 63.8 Å². The molecule has 5 nitrogen and oxygen atoms in total. The molecule has 0 bridgehead atoms. The molecule has 1 aromatic carbocycles. The molecule has 0 spiro atoms. The van der Waals surface area contributed by atoms with Crippen molar-refractivity contribution in [2.45, 2.75) is 32.7 Å². The molecule has 0 amide bonds. The van der Waals surface area contributed by atoms with Gasteiger partial charge in [0.1, 0.15) is 5.82 Å². The summed E-state index contributed by atoms with van der Waals surface area (Å²) in [6, 6.07) is 10.4. The van der Waals surface area contributed by atoms with Crippen molar-refractivity contribution in [3.8, 4) is 22.4 Å². The summed E-state index contributed by atoms with van der Waals surface area (Å²) in [5.41, 5.74) is 5.55. The van der Waals surface area contributed by atoms with Crippen LogP contribution in [0.4, 0.5) is 4.39 Å². The number of benzene rings is 1. The van der Waals surface area contributed by atoms with Crippen molar-refractivity contribution < 1.29 is 9.50 Å². The van der Waals surface area contributed by atoms with Gasteiger partial charge in [-0.25, -0.2) is 9.37 Å². The number of rotatable bonds is 7. The molecule has 4 aromatic rings. The van der Waals surface area contributed by atoms with Crippen molar-refractivity contribution in [1.82, 2.24) is 19.7 Å².